The van der Waals surface area contributed by atoms with E-state index in [0.717, 1.165) is 23.3 Å². The molecule has 22 heavy (non-hydrogen) atoms. The minimum absolute atomic E-state index is 0.162. The fraction of sp³-hybridized carbons (Fsp3) is 0.188. The van der Waals surface area contributed by atoms with Crippen LogP contribution < -0.4 is 15.8 Å². The summed E-state index contributed by atoms with van der Waals surface area (Å²) >= 11 is 0. The normalized spacial score (nSPS) is 10.6. The Kier molecular flexibility index (Phi) is 5.48. The first-order valence-electron chi connectivity index (χ1n) is 6.84. The highest BCUT2D eigenvalue weighted by molar-refractivity contribution is 5.91. The summed E-state index contributed by atoms with van der Waals surface area (Å²) in [6, 6.07) is 7.76. The van der Waals surface area contributed by atoms with Gasteiger partial charge in [-0.2, -0.15) is 0 Å². The number of hydrogen-bond donors (Lipinski definition) is 2. The highest BCUT2D eigenvalue weighted by Crippen LogP contribution is 2.11. The average molecular weight is 298 g/mol. The third-order valence-electron chi connectivity index (χ3n) is 2.99. The Morgan fingerprint density at radius 1 is 1.27 bits per heavy atom. The summed E-state index contributed by atoms with van der Waals surface area (Å²) < 4.78 is 5.10. The van der Waals surface area contributed by atoms with Gasteiger partial charge in [-0.1, -0.05) is 12.1 Å². The van der Waals surface area contributed by atoms with Crippen LogP contribution in [0.5, 0.6) is 5.75 Å². The maximum Gasteiger partial charge on any atom is 0.244 e. The van der Waals surface area contributed by atoms with Crippen molar-refractivity contribution in [2.75, 3.05) is 19.4 Å². The standard InChI is InChI=1S/C16H18N4O2/c1-22-14-5-2-12(3-6-14)8-9-18-15(21)7-4-13-10-19-16(17)20-11-13/h2-7,10-11H,8-9H2,1H3,(H,18,21)(H2,17,19,20). The molecule has 0 spiro atoms. The SMILES string of the molecule is COc1ccc(CCNC(=O)C=Cc2cnc(N)nc2)cc1. The number of nitrogen functional groups attached to an aromatic ring is 1. The van der Waals surface area contributed by atoms with Gasteiger partial charge in [-0.15, -0.1) is 0 Å². The van der Waals surface area contributed by atoms with Gasteiger partial charge in [-0.05, 0) is 30.2 Å². The zero-order chi connectivity index (χ0) is 15.8. The number of carbonyl (C=O) groups excluding carboxylic acids is 1. The van der Waals surface area contributed by atoms with E-state index in [1.54, 1.807) is 25.6 Å². The van der Waals surface area contributed by atoms with Crippen molar-refractivity contribution >= 4 is 17.9 Å². The van der Waals surface area contributed by atoms with Crippen molar-refractivity contribution in [1.82, 2.24) is 15.3 Å². The van der Waals surface area contributed by atoms with E-state index in [-0.39, 0.29) is 11.9 Å². The summed E-state index contributed by atoms with van der Waals surface area (Å²) in [6.45, 7) is 0.563. The van der Waals surface area contributed by atoms with Gasteiger partial charge < -0.3 is 15.8 Å². The second-order valence-electron chi connectivity index (χ2n) is 4.60. The van der Waals surface area contributed by atoms with Crippen molar-refractivity contribution in [3.05, 3.63) is 53.9 Å². The molecule has 0 saturated carbocycles. The van der Waals surface area contributed by atoms with Crippen LogP contribution in [-0.4, -0.2) is 29.5 Å². The Labute approximate surface area is 129 Å². The Morgan fingerprint density at radius 2 is 1.95 bits per heavy atom. The molecule has 0 aliphatic carbocycles. The lowest BCUT2D eigenvalue weighted by atomic mass is 10.1. The number of carbonyl (C=O) groups is 1. The number of hydrogen-bond acceptors (Lipinski definition) is 5. The molecule has 0 saturated heterocycles. The first-order chi connectivity index (χ1) is 10.7. The highest BCUT2D eigenvalue weighted by Gasteiger charge is 1.98. The van der Waals surface area contributed by atoms with Crippen LogP contribution in [0.25, 0.3) is 6.08 Å². The Bertz CT molecular complexity index is 636. The molecule has 6 nitrogen and oxygen atoms in total. The zero-order valence-corrected chi connectivity index (χ0v) is 12.3. The summed E-state index contributed by atoms with van der Waals surface area (Å²) in [6.07, 6.45) is 6.96. The fourth-order valence-electron chi connectivity index (χ4n) is 1.79. The molecular weight excluding hydrogens is 280 g/mol. The summed E-state index contributed by atoms with van der Waals surface area (Å²) in [7, 11) is 1.63. The second-order valence-corrected chi connectivity index (χ2v) is 4.60. The van der Waals surface area contributed by atoms with Crippen molar-refractivity contribution in [2.24, 2.45) is 0 Å². The van der Waals surface area contributed by atoms with Crippen molar-refractivity contribution in [3.63, 3.8) is 0 Å². The van der Waals surface area contributed by atoms with Crippen LogP contribution in [0.3, 0.4) is 0 Å². The monoisotopic (exact) mass is 298 g/mol. The minimum Gasteiger partial charge on any atom is -0.497 e. The number of benzene rings is 1. The molecule has 0 bridgehead atoms. The van der Waals surface area contributed by atoms with E-state index < -0.39 is 0 Å². The van der Waals surface area contributed by atoms with Gasteiger partial charge in [-0.25, -0.2) is 9.97 Å². The molecule has 0 unspecified atom stereocenters. The molecule has 0 aliphatic heterocycles. The van der Waals surface area contributed by atoms with Crippen LogP contribution in [0, 0.1) is 0 Å². The van der Waals surface area contributed by atoms with Crippen molar-refractivity contribution in [3.8, 4) is 5.75 Å². The molecular formula is C16H18N4O2. The molecule has 0 atom stereocenters. The molecule has 1 amide bonds. The van der Waals surface area contributed by atoms with E-state index in [0.29, 0.717) is 6.54 Å². The van der Waals surface area contributed by atoms with Gasteiger partial charge in [-0.3, -0.25) is 4.79 Å². The average Bonchev–Trinajstić information content (AvgIpc) is 2.55. The number of aromatic nitrogens is 2. The van der Waals surface area contributed by atoms with Gasteiger partial charge in [0.05, 0.1) is 7.11 Å². The number of nitrogens with zero attached hydrogens (tertiary/aromatic N) is 2. The summed E-state index contributed by atoms with van der Waals surface area (Å²) in [5, 5.41) is 2.82. The maximum atomic E-state index is 11.7. The molecule has 2 aromatic rings. The molecule has 3 N–H and O–H groups in total. The van der Waals surface area contributed by atoms with Gasteiger partial charge in [0.15, 0.2) is 0 Å². The molecule has 1 heterocycles. The van der Waals surface area contributed by atoms with Crippen molar-refractivity contribution in [1.29, 1.82) is 0 Å². The predicted molar refractivity (Wildman–Crippen MR) is 85.2 cm³/mol. The molecule has 1 aromatic carbocycles. The Hall–Kier alpha value is -2.89. The highest BCUT2D eigenvalue weighted by atomic mass is 16.5. The molecule has 0 aliphatic rings. The van der Waals surface area contributed by atoms with Gasteiger partial charge >= 0.3 is 0 Å². The molecule has 1 aromatic heterocycles. The molecule has 2 rings (SSSR count). The number of anilines is 1. The van der Waals surface area contributed by atoms with E-state index in [2.05, 4.69) is 15.3 Å². The van der Waals surface area contributed by atoms with E-state index in [4.69, 9.17) is 10.5 Å². The summed E-state index contributed by atoms with van der Waals surface area (Å²) in [4.78, 5) is 19.4. The fourth-order valence-corrected chi connectivity index (χ4v) is 1.79. The first-order valence-corrected chi connectivity index (χ1v) is 6.84. The summed E-state index contributed by atoms with van der Waals surface area (Å²) in [5.74, 6) is 0.868. The lowest BCUT2D eigenvalue weighted by Gasteiger charge is -2.04. The minimum atomic E-state index is -0.162. The van der Waals surface area contributed by atoms with Crippen LogP contribution in [0.2, 0.25) is 0 Å². The number of ether oxygens (including phenoxy) is 1. The summed E-state index contributed by atoms with van der Waals surface area (Å²) in [5.41, 5.74) is 7.25. The van der Waals surface area contributed by atoms with Crippen molar-refractivity contribution in [2.45, 2.75) is 6.42 Å². The zero-order valence-electron chi connectivity index (χ0n) is 12.3. The quantitative estimate of drug-likeness (QED) is 0.788. The van der Waals surface area contributed by atoms with Gasteiger partial charge in [0, 0.05) is 30.6 Å². The van der Waals surface area contributed by atoms with Gasteiger partial charge in [0.25, 0.3) is 0 Å². The molecule has 0 fully saturated rings. The third-order valence-corrected chi connectivity index (χ3v) is 2.99. The van der Waals surface area contributed by atoms with Crippen LogP contribution in [0.4, 0.5) is 5.95 Å². The van der Waals surface area contributed by atoms with E-state index >= 15 is 0 Å². The van der Waals surface area contributed by atoms with E-state index in [1.165, 1.54) is 6.08 Å². The van der Waals surface area contributed by atoms with Crippen LogP contribution in [0.1, 0.15) is 11.1 Å². The molecule has 6 heteroatoms. The smallest absolute Gasteiger partial charge is 0.244 e. The van der Waals surface area contributed by atoms with Gasteiger partial charge in [0.2, 0.25) is 11.9 Å². The van der Waals surface area contributed by atoms with Gasteiger partial charge in [0.1, 0.15) is 5.75 Å². The first kappa shape index (κ1) is 15.5. The second kappa shape index (κ2) is 7.78. The Morgan fingerprint density at radius 3 is 2.59 bits per heavy atom. The third kappa shape index (κ3) is 4.90. The lowest BCUT2D eigenvalue weighted by molar-refractivity contribution is -0.116. The number of nitrogens with one attached hydrogen (secondary N) is 1. The van der Waals surface area contributed by atoms with Crippen LogP contribution >= 0.6 is 0 Å². The van der Waals surface area contributed by atoms with Crippen LogP contribution in [0.15, 0.2) is 42.7 Å². The van der Waals surface area contributed by atoms with E-state index in [9.17, 15) is 4.79 Å². The maximum absolute atomic E-state index is 11.7. The lowest BCUT2D eigenvalue weighted by Crippen LogP contribution is -2.23. The molecule has 114 valence electrons. The Balaban J connectivity index is 1.76. The number of methoxy groups -OCH3 is 1. The van der Waals surface area contributed by atoms with Crippen molar-refractivity contribution < 1.29 is 9.53 Å². The largest absolute Gasteiger partial charge is 0.497 e. The topological polar surface area (TPSA) is 90.1 Å². The van der Waals surface area contributed by atoms with Crippen LogP contribution in [-0.2, 0) is 11.2 Å². The predicted octanol–water partition coefficient (Wildman–Crippen LogP) is 1.44. The number of amides is 1. The number of rotatable bonds is 6. The number of nitrogens with two attached hydrogens (primary N) is 1. The molecule has 0 radical (unpaired) electrons. The van der Waals surface area contributed by atoms with E-state index in [1.807, 2.05) is 24.3 Å².